The van der Waals surface area contributed by atoms with Crippen LogP contribution >= 0.6 is 0 Å². The second kappa shape index (κ2) is 5.12. The maximum Gasteiger partial charge on any atom is 0.316 e. The van der Waals surface area contributed by atoms with Crippen LogP contribution in [0.15, 0.2) is 22.0 Å². The van der Waals surface area contributed by atoms with Crippen LogP contribution in [0.2, 0.25) is 0 Å². The second-order valence-electron chi connectivity index (χ2n) is 4.22. The first kappa shape index (κ1) is 12.7. The van der Waals surface area contributed by atoms with Crippen molar-refractivity contribution < 1.29 is 0 Å². The Kier molecular flexibility index (Phi) is 4.06. The molecule has 1 heterocycles. The van der Waals surface area contributed by atoms with Crippen LogP contribution in [0.3, 0.4) is 0 Å². The average molecular weight is 225 g/mol. The van der Waals surface area contributed by atoms with Gasteiger partial charge in [-0.05, 0) is 5.92 Å². The van der Waals surface area contributed by atoms with E-state index in [1.807, 2.05) is 6.92 Å². The zero-order chi connectivity index (χ0) is 12.3. The molecule has 1 aromatic rings. The smallest absolute Gasteiger partial charge is 0.316 e. The molecule has 0 aliphatic rings. The van der Waals surface area contributed by atoms with Crippen LogP contribution in [0.5, 0.6) is 0 Å². The third-order valence-electron chi connectivity index (χ3n) is 3.02. The summed E-state index contributed by atoms with van der Waals surface area (Å²) in [5, 5.41) is 0. The van der Waals surface area contributed by atoms with Crippen molar-refractivity contribution in [2.75, 3.05) is 0 Å². The second-order valence-corrected chi connectivity index (χ2v) is 4.22. The molecule has 0 saturated carbocycles. The van der Waals surface area contributed by atoms with Gasteiger partial charge in [0, 0.05) is 32.0 Å². The SMILES string of the molecule is CCC(C)C(N)Cn1ccn(C)c(=O)c1=O. The zero-order valence-electron chi connectivity index (χ0n) is 10.0. The normalized spacial score (nSPS) is 14.8. The highest BCUT2D eigenvalue weighted by Gasteiger charge is 2.12. The molecule has 0 spiro atoms. The summed E-state index contributed by atoms with van der Waals surface area (Å²) in [5.74, 6) is 0.330. The molecule has 2 atom stereocenters. The van der Waals surface area contributed by atoms with Crippen molar-refractivity contribution in [1.82, 2.24) is 9.13 Å². The van der Waals surface area contributed by atoms with Gasteiger partial charge in [-0.1, -0.05) is 20.3 Å². The minimum Gasteiger partial charge on any atom is -0.326 e. The Hall–Kier alpha value is -1.36. The van der Waals surface area contributed by atoms with E-state index in [4.69, 9.17) is 5.73 Å². The first-order chi connectivity index (χ1) is 7.47. The average Bonchev–Trinajstić information content (AvgIpc) is 2.28. The van der Waals surface area contributed by atoms with Crippen molar-refractivity contribution in [3.63, 3.8) is 0 Å². The van der Waals surface area contributed by atoms with Crippen molar-refractivity contribution in [3.05, 3.63) is 33.1 Å². The molecule has 5 heteroatoms. The van der Waals surface area contributed by atoms with Gasteiger partial charge in [0.1, 0.15) is 0 Å². The third kappa shape index (κ3) is 2.61. The Balaban J connectivity index is 2.95. The summed E-state index contributed by atoms with van der Waals surface area (Å²) >= 11 is 0. The molecule has 16 heavy (non-hydrogen) atoms. The van der Waals surface area contributed by atoms with E-state index in [9.17, 15) is 9.59 Å². The van der Waals surface area contributed by atoms with Crippen LogP contribution in [-0.4, -0.2) is 15.2 Å². The van der Waals surface area contributed by atoms with Crippen molar-refractivity contribution in [3.8, 4) is 0 Å². The molecule has 0 radical (unpaired) electrons. The predicted octanol–water partition coefficient (Wildman–Crippen LogP) is -0.0796. The predicted molar refractivity (Wildman–Crippen MR) is 63.4 cm³/mol. The molecular formula is C11H19N3O2. The minimum atomic E-state index is -0.515. The molecule has 2 N–H and O–H groups in total. The van der Waals surface area contributed by atoms with Gasteiger partial charge in [0.2, 0.25) is 0 Å². The molecule has 0 aliphatic heterocycles. The summed E-state index contributed by atoms with van der Waals surface area (Å²) in [6, 6.07) is -0.102. The molecule has 0 fully saturated rings. The first-order valence-corrected chi connectivity index (χ1v) is 5.49. The molecule has 0 saturated heterocycles. The molecule has 1 rings (SSSR count). The summed E-state index contributed by atoms with van der Waals surface area (Å²) in [5.41, 5.74) is 4.92. The fourth-order valence-electron chi connectivity index (χ4n) is 1.44. The highest BCUT2D eigenvalue weighted by molar-refractivity contribution is 4.86. The molecule has 90 valence electrons. The lowest BCUT2D eigenvalue weighted by Gasteiger charge is -2.19. The number of rotatable bonds is 4. The molecule has 5 nitrogen and oxygen atoms in total. The third-order valence-corrected chi connectivity index (χ3v) is 3.02. The largest absolute Gasteiger partial charge is 0.326 e. The fraction of sp³-hybridized carbons (Fsp3) is 0.636. The van der Waals surface area contributed by atoms with E-state index in [0.29, 0.717) is 12.5 Å². The monoisotopic (exact) mass is 225 g/mol. The zero-order valence-corrected chi connectivity index (χ0v) is 10.0. The van der Waals surface area contributed by atoms with Gasteiger partial charge in [-0.3, -0.25) is 9.59 Å². The van der Waals surface area contributed by atoms with Crippen LogP contribution < -0.4 is 16.9 Å². The van der Waals surface area contributed by atoms with Gasteiger partial charge >= 0.3 is 11.1 Å². The number of hydrogen-bond donors (Lipinski definition) is 1. The van der Waals surface area contributed by atoms with E-state index in [0.717, 1.165) is 6.42 Å². The van der Waals surface area contributed by atoms with Gasteiger partial charge in [-0.15, -0.1) is 0 Å². The number of aromatic nitrogens is 2. The van der Waals surface area contributed by atoms with Crippen LogP contribution in [-0.2, 0) is 13.6 Å². The summed E-state index contributed by atoms with van der Waals surface area (Å²) in [6.45, 7) is 4.48. The van der Waals surface area contributed by atoms with Crippen LogP contribution in [0.25, 0.3) is 0 Å². The lowest BCUT2D eigenvalue weighted by Crippen LogP contribution is -2.43. The van der Waals surface area contributed by atoms with Crippen LogP contribution in [0.4, 0.5) is 0 Å². The Morgan fingerprint density at radius 1 is 1.31 bits per heavy atom. The van der Waals surface area contributed by atoms with Crippen molar-refractivity contribution in [2.45, 2.75) is 32.9 Å². The highest BCUT2D eigenvalue weighted by Crippen LogP contribution is 2.06. The topological polar surface area (TPSA) is 70.0 Å². The fourth-order valence-corrected chi connectivity index (χ4v) is 1.44. The lowest BCUT2D eigenvalue weighted by atomic mass is 10.0. The Bertz CT molecular complexity index is 461. The van der Waals surface area contributed by atoms with E-state index in [2.05, 4.69) is 6.92 Å². The first-order valence-electron chi connectivity index (χ1n) is 5.49. The maximum atomic E-state index is 11.6. The molecule has 0 amide bonds. The number of nitrogens with zero attached hydrogens (tertiary/aromatic N) is 2. The summed E-state index contributed by atoms with van der Waals surface area (Å²) < 4.78 is 2.66. The van der Waals surface area contributed by atoms with E-state index in [1.165, 1.54) is 9.13 Å². The number of hydrogen-bond acceptors (Lipinski definition) is 3. The number of aryl methyl sites for hydroxylation is 1. The van der Waals surface area contributed by atoms with Crippen molar-refractivity contribution in [2.24, 2.45) is 18.7 Å². The van der Waals surface area contributed by atoms with Gasteiger partial charge in [-0.25, -0.2) is 0 Å². The molecule has 0 aliphatic carbocycles. The van der Waals surface area contributed by atoms with Crippen LogP contribution in [0.1, 0.15) is 20.3 Å². The van der Waals surface area contributed by atoms with Crippen molar-refractivity contribution in [1.29, 1.82) is 0 Å². The Morgan fingerprint density at radius 2 is 1.94 bits per heavy atom. The summed E-state index contributed by atoms with van der Waals surface area (Å²) in [6.07, 6.45) is 4.14. The molecule has 1 aromatic heterocycles. The van der Waals surface area contributed by atoms with Gasteiger partial charge in [-0.2, -0.15) is 0 Å². The van der Waals surface area contributed by atoms with Crippen molar-refractivity contribution >= 4 is 0 Å². The highest BCUT2D eigenvalue weighted by atomic mass is 16.2. The van der Waals surface area contributed by atoms with Gasteiger partial charge in [0.25, 0.3) is 0 Å². The summed E-state index contributed by atoms with van der Waals surface area (Å²) in [7, 11) is 1.56. The lowest BCUT2D eigenvalue weighted by molar-refractivity contribution is 0.390. The van der Waals surface area contributed by atoms with E-state index >= 15 is 0 Å². The molecule has 2 unspecified atom stereocenters. The van der Waals surface area contributed by atoms with Crippen LogP contribution in [0, 0.1) is 5.92 Å². The van der Waals surface area contributed by atoms with Gasteiger partial charge in [0.05, 0.1) is 0 Å². The standard InChI is InChI=1S/C11H19N3O2/c1-4-8(2)9(12)7-14-6-5-13(3)10(15)11(14)16/h5-6,8-9H,4,7,12H2,1-3H3. The molecule has 0 bridgehead atoms. The minimum absolute atomic E-state index is 0.102. The van der Waals surface area contributed by atoms with E-state index in [-0.39, 0.29) is 6.04 Å². The molecular weight excluding hydrogens is 206 g/mol. The van der Waals surface area contributed by atoms with Gasteiger partial charge in [0.15, 0.2) is 0 Å². The van der Waals surface area contributed by atoms with E-state index < -0.39 is 11.1 Å². The molecule has 0 aromatic carbocycles. The quantitative estimate of drug-likeness (QED) is 0.729. The Morgan fingerprint density at radius 3 is 2.50 bits per heavy atom. The summed E-state index contributed by atoms with van der Waals surface area (Å²) in [4.78, 5) is 23.0. The van der Waals surface area contributed by atoms with E-state index in [1.54, 1.807) is 19.4 Å². The maximum absolute atomic E-state index is 11.6. The number of nitrogens with two attached hydrogens (primary N) is 1. The van der Waals surface area contributed by atoms with Gasteiger partial charge < -0.3 is 14.9 Å². The Labute approximate surface area is 94.5 Å².